The molecule has 0 bridgehead atoms. The van der Waals surface area contributed by atoms with Crippen molar-refractivity contribution in [1.82, 2.24) is 4.90 Å². The number of carbonyl (C=O) groups excluding carboxylic acids is 1. The number of amides is 1. The van der Waals surface area contributed by atoms with Crippen molar-refractivity contribution in [3.05, 3.63) is 30.1 Å². The maximum Gasteiger partial charge on any atom is 0.305 e. The summed E-state index contributed by atoms with van der Waals surface area (Å²) in [6.07, 6.45) is -0.581. The Labute approximate surface area is 123 Å². The van der Waals surface area contributed by atoms with Gasteiger partial charge in [-0.1, -0.05) is 19.1 Å². The predicted octanol–water partition coefficient (Wildman–Crippen LogP) is 2.31. The van der Waals surface area contributed by atoms with E-state index in [4.69, 9.17) is 9.84 Å². The third kappa shape index (κ3) is 5.06. The number of hydrogen-bond donors (Lipinski definition) is 1. The zero-order chi connectivity index (χ0) is 15.8. The molecule has 21 heavy (non-hydrogen) atoms. The molecule has 6 heteroatoms. The molecule has 0 fully saturated rings. The van der Waals surface area contributed by atoms with E-state index in [0.29, 0.717) is 13.0 Å². The van der Waals surface area contributed by atoms with E-state index in [-0.39, 0.29) is 24.6 Å². The fourth-order valence-electron chi connectivity index (χ4n) is 1.86. The molecule has 0 aliphatic carbocycles. The minimum absolute atomic E-state index is 0.0204. The van der Waals surface area contributed by atoms with Gasteiger partial charge in [-0.05, 0) is 25.5 Å². The molecular weight excluding hydrogens is 277 g/mol. The number of nitrogens with zero attached hydrogens (tertiary/aromatic N) is 1. The quantitative estimate of drug-likeness (QED) is 0.799. The molecule has 0 aliphatic rings. The first-order chi connectivity index (χ1) is 9.99. The number of carboxylic acids is 1. The molecule has 0 heterocycles. The highest BCUT2D eigenvalue weighted by Gasteiger charge is 2.24. The van der Waals surface area contributed by atoms with Crippen LogP contribution in [0, 0.1) is 5.82 Å². The van der Waals surface area contributed by atoms with Gasteiger partial charge in [0.25, 0.3) is 5.91 Å². The molecular formula is C15H20FNO4. The first-order valence-electron chi connectivity index (χ1n) is 6.91. The zero-order valence-corrected chi connectivity index (χ0v) is 12.2. The number of aliphatic carboxylic acids is 1. The van der Waals surface area contributed by atoms with Crippen molar-refractivity contribution >= 4 is 11.9 Å². The lowest BCUT2D eigenvalue weighted by Gasteiger charge is -2.25. The molecule has 0 saturated carbocycles. The molecule has 0 spiro atoms. The summed E-state index contributed by atoms with van der Waals surface area (Å²) < 4.78 is 19.0. The Balaban J connectivity index is 2.75. The standard InChI is InChI=1S/C15H20FNO4/c1-3-12(21-13-8-6-5-7-11(13)16)15(20)17(4-2)10-9-14(18)19/h5-8,12H,3-4,9-10H2,1-2H3,(H,18,19). The summed E-state index contributed by atoms with van der Waals surface area (Å²) in [6.45, 7) is 4.01. The van der Waals surface area contributed by atoms with Gasteiger partial charge >= 0.3 is 5.97 Å². The average Bonchev–Trinajstić information content (AvgIpc) is 2.46. The van der Waals surface area contributed by atoms with Crippen molar-refractivity contribution in [2.24, 2.45) is 0 Å². The highest BCUT2D eigenvalue weighted by molar-refractivity contribution is 5.81. The Kier molecular flexibility index (Phi) is 6.65. The van der Waals surface area contributed by atoms with Crippen molar-refractivity contribution in [3.8, 4) is 5.75 Å². The molecule has 0 aromatic heterocycles. The summed E-state index contributed by atoms with van der Waals surface area (Å²) in [7, 11) is 0. The molecule has 1 amide bonds. The highest BCUT2D eigenvalue weighted by atomic mass is 19.1. The number of ether oxygens (including phenoxy) is 1. The van der Waals surface area contributed by atoms with E-state index in [1.165, 1.54) is 23.1 Å². The van der Waals surface area contributed by atoms with Crippen LogP contribution in [0.2, 0.25) is 0 Å². The van der Waals surface area contributed by atoms with E-state index in [9.17, 15) is 14.0 Å². The number of likely N-dealkylation sites (N-methyl/N-ethyl adjacent to an activating group) is 1. The largest absolute Gasteiger partial charge is 0.481 e. The van der Waals surface area contributed by atoms with Crippen molar-refractivity contribution < 1.29 is 23.8 Å². The number of para-hydroxylation sites is 1. The van der Waals surface area contributed by atoms with Crippen LogP contribution < -0.4 is 4.74 Å². The Morgan fingerprint density at radius 3 is 2.52 bits per heavy atom. The molecule has 1 aromatic carbocycles. The molecule has 1 aromatic rings. The van der Waals surface area contributed by atoms with Gasteiger partial charge in [0.2, 0.25) is 0 Å². The number of benzene rings is 1. The van der Waals surface area contributed by atoms with Crippen molar-refractivity contribution in [3.63, 3.8) is 0 Å². The number of carboxylic acid groups (broad SMARTS) is 1. The van der Waals surface area contributed by atoms with Crippen LogP contribution in [0.25, 0.3) is 0 Å². The van der Waals surface area contributed by atoms with E-state index in [1.807, 2.05) is 0 Å². The highest BCUT2D eigenvalue weighted by Crippen LogP contribution is 2.19. The number of carbonyl (C=O) groups is 2. The fraction of sp³-hybridized carbons (Fsp3) is 0.467. The first kappa shape index (κ1) is 16.9. The van der Waals surface area contributed by atoms with Gasteiger partial charge in [-0.25, -0.2) is 4.39 Å². The van der Waals surface area contributed by atoms with E-state index in [0.717, 1.165) is 0 Å². The van der Waals surface area contributed by atoms with Gasteiger partial charge in [-0.15, -0.1) is 0 Å². The second-order valence-corrected chi connectivity index (χ2v) is 4.51. The third-order valence-corrected chi connectivity index (χ3v) is 3.04. The fourth-order valence-corrected chi connectivity index (χ4v) is 1.86. The van der Waals surface area contributed by atoms with Crippen LogP contribution in [0.1, 0.15) is 26.7 Å². The number of rotatable bonds is 8. The summed E-state index contributed by atoms with van der Waals surface area (Å²) in [5.41, 5.74) is 0. The molecule has 5 nitrogen and oxygen atoms in total. The lowest BCUT2D eigenvalue weighted by molar-refractivity contribution is -0.141. The molecule has 1 unspecified atom stereocenters. The Morgan fingerprint density at radius 1 is 1.33 bits per heavy atom. The van der Waals surface area contributed by atoms with Gasteiger partial charge in [0.1, 0.15) is 0 Å². The van der Waals surface area contributed by atoms with E-state index in [1.54, 1.807) is 19.9 Å². The molecule has 0 radical (unpaired) electrons. The Hall–Kier alpha value is -2.11. The normalized spacial score (nSPS) is 11.8. The van der Waals surface area contributed by atoms with Crippen LogP contribution >= 0.6 is 0 Å². The summed E-state index contributed by atoms with van der Waals surface area (Å²) in [5.74, 6) is -1.81. The smallest absolute Gasteiger partial charge is 0.305 e. The monoisotopic (exact) mass is 297 g/mol. The zero-order valence-electron chi connectivity index (χ0n) is 12.2. The summed E-state index contributed by atoms with van der Waals surface area (Å²) in [5, 5.41) is 8.69. The van der Waals surface area contributed by atoms with E-state index >= 15 is 0 Å². The van der Waals surface area contributed by atoms with Gasteiger partial charge in [0.15, 0.2) is 17.7 Å². The topological polar surface area (TPSA) is 66.8 Å². The minimum Gasteiger partial charge on any atom is -0.481 e. The van der Waals surface area contributed by atoms with Crippen LogP contribution in [0.15, 0.2) is 24.3 Å². The summed E-state index contributed by atoms with van der Waals surface area (Å²) in [6, 6.07) is 5.88. The molecule has 116 valence electrons. The van der Waals surface area contributed by atoms with Gasteiger partial charge in [-0.3, -0.25) is 9.59 Å². The van der Waals surface area contributed by atoms with Gasteiger partial charge in [-0.2, -0.15) is 0 Å². The SMILES string of the molecule is CCC(Oc1ccccc1F)C(=O)N(CC)CCC(=O)O. The van der Waals surface area contributed by atoms with Gasteiger partial charge in [0.05, 0.1) is 6.42 Å². The van der Waals surface area contributed by atoms with Crippen LogP contribution in [0.5, 0.6) is 5.75 Å². The third-order valence-electron chi connectivity index (χ3n) is 3.04. The Bertz CT molecular complexity index is 492. The molecule has 0 saturated heterocycles. The van der Waals surface area contributed by atoms with Crippen molar-refractivity contribution in [1.29, 1.82) is 0 Å². The first-order valence-corrected chi connectivity index (χ1v) is 6.91. The lowest BCUT2D eigenvalue weighted by Crippen LogP contribution is -2.42. The maximum atomic E-state index is 13.6. The van der Waals surface area contributed by atoms with Gasteiger partial charge in [0, 0.05) is 13.1 Å². The second kappa shape index (κ2) is 8.24. The second-order valence-electron chi connectivity index (χ2n) is 4.51. The molecule has 0 aliphatic heterocycles. The average molecular weight is 297 g/mol. The molecule has 1 atom stereocenters. The molecule has 1 rings (SSSR count). The maximum absolute atomic E-state index is 13.6. The lowest BCUT2D eigenvalue weighted by atomic mass is 10.2. The molecule has 1 N–H and O–H groups in total. The summed E-state index contributed by atoms with van der Waals surface area (Å²) in [4.78, 5) is 24.3. The van der Waals surface area contributed by atoms with Crippen molar-refractivity contribution in [2.45, 2.75) is 32.8 Å². The van der Waals surface area contributed by atoms with Crippen molar-refractivity contribution in [2.75, 3.05) is 13.1 Å². The van der Waals surface area contributed by atoms with Crippen LogP contribution in [0.4, 0.5) is 4.39 Å². The predicted molar refractivity (Wildman–Crippen MR) is 75.6 cm³/mol. The van der Waals surface area contributed by atoms with Gasteiger partial charge < -0.3 is 14.7 Å². The van der Waals surface area contributed by atoms with E-state index < -0.39 is 17.9 Å². The Morgan fingerprint density at radius 2 is 2.00 bits per heavy atom. The van der Waals surface area contributed by atoms with Crippen LogP contribution in [-0.4, -0.2) is 41.1 Å². The van der Waals surface area contributed by atoms with Crippen LogP contribution in [-0.2, 0) is 9.59 Å². The number of hydrogen-bond acceptors (Lipinski definition) is 3. The number of halogens is 1. The van der Waals surface area contributed by atoms with Crippen LogP contribution in [0.3, 0.4) is 0 Å². The van der Waals surface area contributed by atoms with E-state index in [2.05, 4.69) is 0 Å². The summed E-state index contributed by atoms with van der Waals surface area (Å²) >= 11 is 0. The minimum atomic E-state index is -0.968.